The summed E-state index contributed by atoms with van der Waals surface area (Å²) in [5, 5.41) is 3.14. The summed E-state index contributed by atoms with van der Waals surface area (Å²) in [7, 11) is 1.58. The van der Waals surface area contributed by atoms with Crippen molar-refractivity contribution in [2.45, 2.75) is 24.7 Å². The van der Waals surface area contributed by atoms with E-state index in [2.05, 4.69) is 29.6 Å². The van der Waals surface area contributed by atoms with Gasteiger partial charge in [0, 0.05) is 25.2 Å². The van der Waals surface area contributed by atoms with Gasteiger partial charge in [0.1, 0.15) is 5.75 Å². The van der Waals surface area contributed by atoms with E-state index < -0.39 is 0 Å². The Balaban J connectivity index is 1.80. The van der Waals surface area contributed by atoms with Crippen molar-refractivity contribution < 1.29 is 14.3 Å². The van der Waals surface area contributed by atoms with Crippen LogP contribution in [0.2, 0.25) is 0 Å². The van der Waals surface area contributed by atoms with Crippen LogP contribution < -0.4 is 10.1 Å². The smallest absolute Gasteiger partial charge is 0.255 e. The minimum Gasteiger partial charge on any atom is -0.496 e. The summed E-state index contributed by atoms with van der Waals surface area (Å²) in [6.07, 6.45) is 2.91. The molecule has 0 aliphatic carbocycles. The van der Waals surface area contributed by atoms with Crippen molar-refractivity contribution in [2.75, 3.05) is 26.9 Å². The van der Waals surface area contributed by atoms with Crippen molar-refractivity contribution in [3.8, 4) is 5.75 Å². The molecule has 0 saturated carbocycles. The number of benzene rings is 2. The lowest BCUT2D eigenvalue weighted by Gasteiger charge is -2.33. The fourth-order valence-electron chi connectivity index (χ4n) is 3.54. The molecule has 1 aliphatic rings. The van der Waals surface area contributed by atoms with Crippen LogP contribution in [0.25, 0.3) is 0 Å². The van der Waals surface area contributed by atoms with Gasteiger partial charge in [0.15, 0.2) is 0 Å². The summed E-state index contributed by atoms with van der Waals surface area (Å²) >= 11 is 0. The van der Waals surface area contributed by atoms with Gasteiger partial charge in [-0.1, -0.05) is 42.5 Å². The number of methoxy groups -OCH3 is 1. The predicted molar refractivity (Wildman–Crippen MR) is 98.1 cm³/mol. The van der Waals surface area contributed by atoms with E-state index in [4.69, 9.17) is 9.47 Å². The summed E-state index contributed by atoms with van der Waals surface area (Å²) in [6.45, 7) is 2.10. The van der Waals surface area contributed by atoms with Gasteiger partial charge in [0.2, 0.25) is 0 Å². The summed E-state index contributed by atoms with van der Waals surface area (Å²) in [5.74, 6) is 0.496. The first kappa shape index (κ1) is 17.5. The lowest BCUT2D eigenvalue weighted by atomic mass is 9.74. The third kappa shape index (κ3) is 4.02. The van der Waals surface area contributed by atoms with Gasteiger partial charge >= 0.3 is 0 Å². The van der Waals surface area contributed by atoms with Crippen LogP contribution in [0.1, 0.15) is 35.2 Å². The van der Waals surface area contributed by atoms with E-state index in [0.717, 1.165) is 32.5 Å². The van der Waals surface area contributed by atoms with Crippen LogP contribution in [0.5, 0.6) is 5.75 Å². The molecule has 2 aromatic carbocycles. The Hall–Kier alpha value is -2.33. The van der Waals surface area contributed by atoms with Gasteiger partial charge in [-0.25, -0.2) is 0 Å². The van der Waals surface area contributed by atoms with Gasteiger partial charge < -0.3 is 14.8 Å². The highest BCUT2D eigenvalue weighted by molar-refractivity contribution is 5.96. The number of hydrogen-bond acceptors (Lipinski definition) is 3. The van der Waals surface area contributed by atoms with Crippen molar-refractivity contribution >= 4 is 5.91 Å². The zero-order valence-corrected chi connectivity index (χ0v) is 14.7. The Morgan fingerprint density at radius 1 is 1.08 bits per heavy atom. The Bertz CT molecular complexity index is 691. The third-order valence-electron chi connectivity index (χ3n) is 4.99. The Kier molecular flexibility index (Phi) is 5.71. The van der Waals surface area contributed by atoms with Gasteiger partial charge in [-0.3, -0.25) is 4.79 Å². The number of nitrogens with one attached hydrogen (secondary N) is 1. The van der Waals surface area contributed by atoms with Gasteiger partial charge in [0.25, 0.3) is 5.91 Å². The second kappa shape index (κ2) is 8.17. The van der Waals surface area contributed by atoms with Gasteiger partial charge in [-0.2, -0.15) is 0 Å². The number of carbonyl (C=O) groups is 1. The molecule has 1 saturated heterocycles. The molecule has 0 spiro atoms. The molecule has 0 bridgehead atoms. The molecule has 1 amide bonds. The van der Waals surface area contributed by atoms with E-state index in [0.29, 0.717) is 17.9 Å². The molecule has 2 aromatic rings. The van der Waals surface area contributed by atoms with E-state index in [9.17, 15) is 4.79 Å². The van der Waals surface area contributed by atoms with Crippen molar-refractivity contribution in [1.82, 2.24) is 5.32 Å². The molecule has 1 atom stereocenters. The summed E-state index contributed by atoms with van der Waals surface area (Å²) in [5.41, 5.74) is 1.74. The fraction of sp³-hybridized carbons (Fsp3) is 0.381. The molecule has 25 heavy (non-hydrogen) atoms. The summed E-state index contributed by atoms with van der Waals surface area (Å²) < 4.78 is 11.0. The predicted octanol–water partition coefficient (Wildman–Crippen LogP) is 3.56. The number of rotatable bonds is 5. The maximum atomic E-state index is 12.7. The molecule has 3 rings (SSSR count). The number of carbonyl (C=O) groups excluding carboxylic acids is 1. The van der Waals surface area contributed by atoms with Crippen LogP contribution in [-0.2, 0) is 10.2 Å². The zero-order chi connectivity index (χ0) is 17.5. The Morgan fingerprint density at radius 3 is 2.64 bits per heavy atom. The second-order valence-corrected chi connectivity index (χ2v) is 6.50. The van der Waals surface area contributed by atoms with Gasteiger partial charge in [-0.05, 0) is 37.0 Å². The lowest BCUT2D eigenvalue weighted by Crippen LogP contribution is -2.41. The molecule has 4 heteroatoms. The zero-order valence-electron chi connectivity index (χ0n) is 14.7. The normalized spacial score (nSPS) is 20.5. The molecule has 132 valence electrons. The molecule has 1 unspecified atom stereocenters. The second-order valence-electron chi connectivity index (χ2n) is 6.50. The first-order valence-electron chi connectivity index (χ1n) is 8.80. The highest BCUT2D eigenvalue weighted by atomic mass is 16.5. The Morgan fingerprint density at radius 2 is 1.84 bits per heavy atom. The van der Waals surface area contributed by atoms with Crippen molar-refractivity contribution in [1.29, 1.82) is 0 Å². The van der Waals surface area contributed by atoms with E-state index in [1.807, 2.05) is 18.2 Å². The van der Waals surface area contributed by atoms with E-state index >= 15 is 0 Å². The van der Waals surface area contributed by atoms with E-state index in [-0.39, 0.29) is 11.3 Å². The topological polar surface area (TPSA) is 47.6 Å². The van der Waals surface area contributed by atoms with Crippen molar-refractivity contribution in [3.63, 3.8) is 0 Å². The van der Waals surface area contributed by atoms with E-state index in [1.165, 1.54) is 5.56 Å². The van der Waals surface area contributed by atoms with Gasteiger partial charge in [-0.15, -0.1) is 0 Å². The summed E-state index contributed by atoms with van der Waals surface area (Å²) in [4.78, 5) is 12.7. The molecule has 4 nitrogen and oxygen atoms in total. The molecule has 1 heterocycles. The third-order valence-corrected chi connectivity index (χ3v) is 4.99. The minimum atomic E-state index is -0.0991. The number of ether oxygens (including phenoxy) is 2. The lowest BCUT2D eigenvalue weighted by molar-refractivity contribution is 0.0934. The molecule has 1 fully saturated rings. The van der Waals surface area contributed by atoms with Gasteiger partial charge in [0.05, 0.1) is 12.7 Å². The van der Waals surface area contributed by atoms with Crippen molar-refractivity contribution in [3.05, 3.63) is 65.7 Å². The monoisotopic (exact) mass is 339 g/mol. The molecular formula is C21H25NO3. The van der Waals surface area contributed by atoms with Crippen LogP contribution in [-0.4, -0.2) is 32.8 Å². The van der Waals surface area contributed by atoms with Crippen molar-refractivity contribution in [2.24, 2.45) is 0 Å². The number of hydrogen-bond donors (Lipinski definition) is 1. The maximum Gasteiger partial charge on any atom is 0.255 e. The standard InChI is InChI=1S/C21H25NO3/c1-24-19-11-6-5-10-18(19)20(23)22-16-21(12-7-14-25-15-13-21)17-8-3-2-4-9-17/h2-6,8-11H,7,12-16H2,1H3,(H,22,23). The fourth-order valence-corrected chi connectivity index (χ4v) is 3.54. The molecule has 0 aromatic heterocycles. The SMILES string of the molecule is COc1ccccc1C(=O)NCC1(c2ccccc2)CCCOCC1. The van der Waals surface area contributed by atoms with E-state index in [1.54, 1.807) is 19.2 Å². The minimum absolute atomic E-state index is 0.0879. The number of amides is 1. The number of para-hydroxylation sites is 1. The first-order valence-corrected chi connectivity index (χ1v) is 8.80. The molecule has 0 radical (unpaired) electrons. The molecular weight excluding hydrogens is 314 g/mol. The molecule has 1 aliphatic heterocycles. The highest BCUT2D eigenvalue weighted by Crippen LogP contribution is 2.34. The van der Waals surface area contributed by atoms with Crippen LogP contribution in [0, 0.1) is 0 Å². The highest BCUT2D eigenvalue weighted by Gasteiger charge is 2.33. The maximum absolute atomic E-state index is 12.7. The van der Waals surface area contributed by atoms with Crippen LogP contribution in [0.4, 0.5) is 0 Å². The quantitative estimate of drug-likeness (QED) is 0.906. The van der Waals surface area contributed by atoms with Crippen LogP contribution >= 0.6 is 0 Å². The first-order chi connectivity index (χ1) is 12.2. The largest absolute Gasteiger partial charge is 0.496 e. The Labute approximate surface area is 149 Å². The van der Waals surface area contributed by atoms with Crippen LogP contribution in [0.3, 0.4) is 0 Å². The van der Waals surface area contributed by atoms with Crippen LogP contribution in [0.15, 0.2) is 54.6 Å². The average Bonchev–Trinajstić information content (AvgIpc) is 2.93. The summed E-state index contributed by atoms with van der Waals surface area (Å²) in [6, 6.07) is 17.8. The average molecular weight is 339 g/mol. The molecule has 1 N–H and O–H groups in total.